The van der Waals surface area contributed by atoms with Crippen LogP contribution in [0.2, 0.25) is 0 Å². The number of thiophene rings is 1. The van der Waals surface area contributed by atoms with Gasteiger partial charge in [0.1, 0.15) is 16.0 Å². The number of halogens is 3. The van der Waals surface area contributed by atoms with Gasteiger partial charge in [-0.1, -0.05) is 36.0 Å². The first-order valence-electron chi connectivity index (χ1n) is 13.1. The van der Waals surface area contributed by atoms with E-state index in [4.69, 9.17) is 4.74 Å². The maximum absolute atomic E-state index is 13.7. The lowest BCUT2D eigenvalue weighted by Crippen LogP contribution is -2.23. The van der Waals surface area contributed by atoms with Crippen LogP contribution in [0.15, 0.2) is 58.5 Å². The van der Waals surface area contributed by atoms with Gasteiger partial charge in [0.05, 0.1) is 29.2 Å². The van der Waals surface area contributed by atoms with E-state index in [1.807, 2.05) is 0 Å². The average molecular weight is 613 g/mol. The summed E-state index contributed by atoms with van der Waals surface area (Å²) in [5.74, 6) is -1.18. The standard InChI is InChI=1S/C29H23F3N4O4S2/c1-2-40-27(39)22-18-10-6-12-20(18)42-25(22)34-21(37)14-41-28-35-23-17-9-3-4-11-19(17)33-24(23)26(38)36(28)16-8-5-7-15(13-16)29(30,31)32/h3-5,7-9,11,13,33H,2,6,10,12,14H2,1H3,(H,34,37). The lowest BCUT2D eigenvalue weighted by Gasteiger charge is -2.14. The molecule has 1 aliphatic rings. The van der Waals surface area contributed by atoms with Gasteiger partial charge in [-0.05, 0) is 56.0 Å². The maximum Gasteiger partial charge on any atom is 0.416 e. The number of aromatic amines is 1. The van der Waals surface area contributed by atoms with Gasteiger partial charge in [0, 0.05) is 15.8 Å². The number of anilines is 1. The Morgan fingerprint density at radius 1 is 1.17 bits per heavy atom. The smallest absolute Gasteiger partial charge is 0.416 e. The number of hydrogen-bond donors (Lipinski definition) is 2. The number of aryl methyl sites for hydroxylation is 1. The molecular formula is C29H23F3N4O4S2. The van der Waals surface area contributed by atoms with E-state index >= 15 is 0 Å². The molecule has 0 bridgehead atoms. The van der Waals surface area contributed by atoms with Gasteiger partial charge < -0.3 is 15.0 Å². The van der Waals surface area contributed by atoms with E-state index in [-0.39, 0.29) is 28.7 Å². The molecule has 1 amide bonds. The van der Waals surface area contributed by atoms with Crippen molar-refractivity contribution in [3.05, 3.63) is 80.5 Å². The molecule has 6 rings (SSSR count). The van der Waals surface area contributed by atoms with E-state index in [2.05, 4.69) is 15.3 Å². The second-order valence-electron chi connectivity index (χ2n) is 9.60. The number of alkyl halides is 3. The molecule has 0 saturated heterocycles. The number of thioether (sulfide) groups is 1. The number of aromatic nitrogens is 3. The Bertz CT molecular complexity index is 1930. The summed E-state index contributed by atoms with van der Waals surface area (Å²) in [7, 11) is 0. The third-order valence-corrected chi connectivity index (χ3v) is 9.06. The minimum absolute atomic E-state index is 0.0370. The topological polar surface area (TPSA) is 106 Å². The van der Waals surface area contributed by atoms with Crippen molar-refractivity contribution in [2.45, 2.75) is 37.5 Å². The lowest BCUT2D eigenvalue weighted by atomic mass is 10.1. The molecule has 42 heavy (non-hydrogen) atoms. The molecule has 0 radical (unpaired) electrons. The minimum atomic E-state index is -4.62. The number of esters is 1. The van der Waals surface area contributed by atoms with Crippen LogP contribution in [0.3, 0.4) is 0 Å². The number of amides is 1. The third kappa shape index (κ3) is 5.07. The largest absolute Gasteiger partial charge is 0.462 e. The molecular weight excluding hydrogens is 589 g/mol. The van der Waals surface area contributed by atoms with Crippen molar-refractivity contribution < 1.29 is 27.5 Å². The van der Waals surface area contributed by atoms with Crippen LogP contribution in [0.5, 0.6) is 0 Å². The number of carbonyl (C=O) groups excluding carboxylic acids is 2. The van der Waals surface area contributed by atoms with Gasteiger partial charge in [-0.3, -0.25) is 14.2 Å². The number of nitrogens with one attached hydrogen (secondary N) is 2. The van der Waals surface area contributed by atoms with Crippen LogP contribution in [0, 0.1) is 0 Å². The number of benzene rings is 2. The van der Waals surface area contributed by atoms with E-state index < -0.39 is 29.2 Å². The molecule has 13 heteroatoms. The highest BCUT2D eigenvalue weighted by molar-refractivity contribution is 7.99. The molecule has 8 nitrogen and oxygen atoms in total. The van der Waals surface area contributed by atoms with Gasteiger partial charge in [-0.15, -0.1) is 11.3 Å². The average Bonchev–Trinajstić information content (AvgIpc) is 3.65. The molecule has 3 aromatic heterocycles. The first-order valence-corrected chi connectivity index (χ1v) is 14.9. The molecule has 0 spiro atoms. The predicted molar refractivity (Wildman–Crippen MR) is 156 cm³/mol. The fourth-order valence-corrected chi connectivity index (χ4v) is 7.19. The van der Waals surface area contributed by atoms with Gasteiger partial charge >= 0.3 is 12.1 Å². The number of nitrogens with zero attached hydrogens (tertiary/aromatic N) is 2. The van der Waals surface area contributed by atoms with Gasteiger partial charge in [-0.25, -0.2) is 9.78 Å². The summed E-state index contributed by atoms with van der Waals surface area (Å²) < 4.78 is 46.9. The number of para-hydroxylation sites is 1. The summed E-state index contributed by atoms with van der Waals surface area (Å²) in [6, 6.07) is 11.5. The van der Waals surface area contributed by atoms with Crippen molar-refractivity contribution in [3.63, 3.8) is 0 Å². The Morgan fingerprint density at radius 2 is 1.98 bits per heavy atom. The normalized spacial score (nSPS) is 13.0. The van der Waals surface area contributed by atoms with Gasteiger partial charge in [-0.2, -0.15) is 13.2 Å². The SMILES string of the molecule is CCOC(=O)c1c(NC(=O)CSc2nc3c([nH]c4ccccc43)c(=O)n2-c2cccc(C(F)(F)F)c2)sc2c1CCC2. The van der Waals surface area contributed by atoms with Crippen LogP contribution in [0.4, 0.5) is 18.2 Å². The molecule has 216 valence electrons. The number of fused-ring (bicyclic) bond motifs is 4. The lowest BCUT2D eigenvalue weighted by molar-refractivity contribution is -0.137. The van der Waals surface area contributed by atoms with E-state index in [1.54, 1.807) is 31.2 Å². The summed E-state index contributed by atoms with van der Waals surface area (Å²) in [4.78, 5) is 48.3. The van der Waals surface area contributed by atoms with Crippen molar-refractivity contribution in [3.8, 4) is 5.69 Å². The summed E-state index contributed by atoms with van der Waals surface area (Å²) in [5.41, 5.74) is 0.830. The van der Waals surface area contributed by atoms with Crippen molar-refractivity contribution in [2.24, 2.45) is 0 Å². The molecule has 0 atom stereocenters. The minimum Gasteiger partial charge on any atom is -0.462 e. The highest BCUT2D eigenvalue weighted by Crippen LogP contribution is 2.40. The number of H-pyrrole nitrogens is 1. The second kappa shape index (κ2) is 11.0. The summed E-state index contributed by atoms with van der Waals surface area (Å²) >= 11 is 2.25. The van der Waals surface area contributed by atoms with Gasteiger partial charge in [0.2, 0.25) is 5.91 Å². The van der Waals surface area contributed by atoms with Crippen LogP contribution in [-0.4, -0.2) is 38.8 Å². The Labute approximate surface area is 244 Å². The highest BCUT2D eigenvalue weighted by atomic mass is 32.2. The monoisotopic (exact) mass is 612 g/mol. The number of hydrogen-bond acceptors (Lipinski definition) is 7. The molecule has 0 saturated carbocycles. The van der Waals surface area contributed by atoms with Crippen molar-refractivity contribution >= 4 is 61.9 Å². The van der Waals surface area contributed by atoms with Crippen LogP contribution >= 0.6 is 23.1 Å². The fraction of sp³-hybridized carbons (Fsp3) is 0.241. The Hall–Kier alpha value is -4.10. The fourth-order valence-electron chi connectivity index (χ4n) is 5.09. The predicted octanol–water partition coefficient (Wildman–Crippen LogP) is 6.34. The number of rotatable bonds is 7. The molecule has 0 unspecified atom stereocenters. The first kappa shape index (κ1) is 28.0. The summed E-state index contributed by atoms with van der Waals surface area (Å²) in [6.45, 7) is 1.91. The molecule has 5 aromatic rings. The quantitative estimate of drug-likeness (QED) is 0.126. The van der Waals surface area contributed by atoms with Gasteiger partial charge in [0.15, 0.2) is 5.16 Å². The van der Waals surface area contributed by atoms with Gasteiger partial charge in [0.25, 0.3) is 5.56 Å². The first-order chi connectivity index (χ1) is 20.2. The van der Waals surface area contributed by atoms with Crippen molar-refractivity contribution in [1.82, 2.24) is 14.5 Å². The number of ether oxygens (including phenoxy) is 1. The van der Waals surface area contributed by atoms with Crippen molar-refractivity contribution in [1.29, 1.82) is 0 Å². The number of carbonyl (C=O) groups is 2. The van der Waals surface area contributed by atoms with E-state index in [0.29, 0.717) is 27.0 Å². The van der Waals surface area contributed by atoms with E-state index in [9.17, 15) is 27.6 Å². The zero-order valence-corrected chi connectivity index (χ0v) is 23.8. The zero-order valence-electron chi connectivity index (χ0n) is 22.1. The van der Waals surface area contributed by atoms with Crippen LogP contribution < -0.4 is 10.9 Å². The Kier molecular flexibility index (Phi) is 7.31. The molecule has 1 aliphatic carbocycles. The molecule has 2 aromatic carbocycles. The Balaban J connectivity index is 1.37. The molecule has 2 N–H and O–H groups in total. The highest BCUT2D eigenvalue weighted by Gasteiger charge is 2.31. The summed E-state index contributed by atoms with van der Waals surface area (Å²) in [6.07, 6.45) is -2.16. The molecule has 0 fully saturated rings. The zero-order chi connectivity index (χ0) is 29.6. The van der Waals surface area contributed by atoms with E-state index in [1.165, 1.54) is 23.5 Å². The maximum atomic E-state index is 13.7. The molecule has 3 heterocycles. The summed E-state index contributed by atoms with van der Waals surface area (Å²) in [5, 5.41) is 3.92. The third-order valence-electron chi connectivity index (χ3n) is 6.91. The van der Waals surface area contributed by atoms with Crippen molar-refractivity contribution in [2.75, 3.05) is 17.7 Å². The Morgan fingerprint density at radius 3 is 2.76 bits per heavy atom. The molecule has 0 aliphatic heterocycles. The second-order valence-corrected chi connectivity index (χ2v) is 11.6. The van der Waals surface area contributed by atoms with E-state index in [0.717, 1.165) is 58.2 Å². The van der Waals surface area contributed by atoms with Crippen LogP contribution in [-0.2, 0) is 28.5 Å². The van der Waals surface area contributed by atoms with Crippen LogP contribution in [0.25, 0.3) is 27.6 Å². The van der Waals surface area contributed by atoms with Crippen LogP contribution in [0.1, 0.15) is 39.7 Å².